The number of carbonyl (C=O) groups is 1. The van der Waals surface area contributed by atoms with Gasteiger partial charge < -0.3 is 10.6 Å². The zero-order chi connectivity index (χ0) is 21.6. The van der Waals surface area contributed by atoms with Crippen LogP contribution in [-0.4, -0.2) is 15.9 Å². The molecule has 31 heavy (non-hydrogen) atoms. The Balaban J connectivity index is 1.39. The fourth-order valence-corrected chi connectivity index (χ4v) is 3.21. The summed E-state index contributed by atoms with van der Waals surface area (Å²) in [7, 11) is 0. The van der Waals surface area contributed by atoms with Gasteiger partial charge in [-0.15, -0.1) is 0 Å². The number of hydrogen-bond donors (Lipinski definition) is 2. The topological polar surface area (TPSA) is 66.9 Å². The van der Waals surface area contributed by atoms with Gasteiger partial charge in [-0.2, -0.15) is 0 Å². The Morgan fingerprint density at radius 1 is 0.903 bits per heavy atom. The molecule has 4 rings (SSSR count). The van der Waals surface area contributed by atoms with E-state index in [9.17, 15) is 9.18 Å². The highest BCUT2D eigenvalue weighted by Gasteiger charge is 2.07. The zero-order valence-corrected chi connectivity index (χ0v) is 17.9. The predicted octanol–water partition coefficient (Wildman–Crippen LogP) is 5.72. The van der Waals surface area contributed by atoms with E-state index in [4.69, 9.17) is 0 Å². The molecule has 0 aliphatic rings. The van der Waals surface area contributed by atoms with Crippen LogP contribution in [0.2, 0.25) is 0 Å². The molecule has 154 valence electrons. The van der Waals surface area contributed by atoms with E-state index >= 15 is 0 Å². The standard InChI is InChI=1S/C24H18BrFN4O/c25-19-7-1-16(2-8-19)14-27-24(31)18-5-11-21(12-6-18)30-23-13-22(28-15-29-23)17-3-9-20(26)10-4-17/h1-13,15H,14H2,(H,27,31)(H,28,29,30). The Morgan fingerprint density at radius 2 is 1.61 bits per heavy atom. The fourth-order valence-electron chi connectivity index (χ4n) is 2.94. The SMILES string of the molecule is O=C(NCc1ccc(Br)cc1)c1ccc(Nc2cc(-c3ccc(F)cc3)ncn2)cc1. The number of halogens is 2. The van der Waals surface area contributed by atoms with Gasteiger partial charge in [-0.25, -0.2) is 14.4 Å². The van der Waals surface area contributed by atoms with E-state index < -0.39 is 0 Å². The van der Waals surface area contributed by atoms with Crippen molar-refractivity contribution in [3.63, 3.8) is 0 Å². The van der Waals surface area contributed by atoms with Crippen LogP contribution in [0, 0.1) is 5.82 Å². The van der Waals surface area contributed by atoms with Crippen molar-refractivity contribution >= 4 is 33.3 Å². The normalized spacial score (nSPS) is 10.5. The summed E-state index contributed by atoms with van der Waals surface area (Å²) in [6.07, 6.45) is 1.45. The number of aromatic nitrogens is 2. The van der Waals surface area contributed by atoms with Crippen LogP contribution >= 0.6 is 15.9 Å². The van der Waals surface area contributed by atoms with E-state index in [1.807, 2.05) is 36.4 Å². The zero-order valence-electron chi connectivity index (χ0n) is 16.3. The van der Waals surface area contributed by atoms with Crippen molar-refractivity contribution in [1.29, 1.82) is 0 Å². The largest absolute Gasteiger partial charge is 0.348 e. The van der Waals surface area contributed by atoms with Crippen LogP contribution < -0.4 is 10.6 Å². The van der Waals surface area contributed by atoms with Crippen molar-refractivity contribution in [2.45, 2.75) is 6.54 Å². The summed E-state index contributed by atoms with van der Waals surface area (Å²) in [5.74, 6) is 0.161. The monoisotopic (exact) mass is 476 g/mol. The Bertz CT molecular complexity index is 1180. The lowest BCUT2D eigenvalue weighted by Gasteiger charge is -2.09. The smallest absolute Gasteiger partial charge is 0.251 e. The molecule has 0 atom stereocenters. The minimum absolute atomic E-state index is 0.143. The van der Waals surface area contributed by atoms with Crippen LogP contribution in [0.25, 0.3) is 11.3 Å². The van der Waals surface area contributed by atoms with Gasteiger partial charge in [-0.1, -0.05) is 28.1 Å². The summed E-state index contributed by atoms with van der Waals surface area (Å²) in [4.78, 5) is 20.9. The molecule has 2 N–H and O–H groups in total. The molecule has 1 aromatic heterocycles. The van der Waals surface area contributed by atoms with Gasteiger partial charge in [-0.05, 0) is 66.2 Å². The Kier molecular flexibility index (Phi) is 6.33. The molecule has 4 aromatic rings. The van der Waals surface area contributed by atoms with E-state index in [1.165, 1.54) is 18.5 Å². The maximum absolute atomic E-state index is 13.1. The molecule has 5 nitrogen and oxygen atoms in total. The molecule has 0 bridgehead atoms. The van der Waals surface area contributed by atoms with Crippen molar-refractivity contribution in [2.75, 3.05) is 5.32 Å². The van der Waals surface area contributed by atoms with Crippen LogP contribution in [0.15, 0.2) is 89.7 Å². The minimum Gasteiger partial charge on any atom is -0.348 e. The van der Waals surface area contributed by atoms with Gasteiger partial charge in [0.2, 0.25) is 0 Å². The summed E-state index contributed by atoms with van der Waals surface area (Å²) < 4.78 is 14.1. The van der Waals surface area contributed by atoms with Gasteiger partial charge in [0.05, 0.1) is 5.69 Å². The summed E-state index contributed by atoms with van der Waals surface area (Å²) in [6, 6.07) is 22.8. The molecule has 0 saturated heterocycles. The maximum Gasteiger partial charge on any atom is 0.251 e. The second-order valence-corrected chi connectivity index (χ2v) is 7.72. The second-order valence-electron chi connectivity index (χ2n) is 6.81. The van der Waals surface area contributed by atoms with E-state index in [1.54, 1.807) is 30.3 Å². The first-order valence-corrected chi connectivity index (χ1v) is 10.3. The van der Waals surface area contributed by atoms with E-state index in [2.05, 4.69) is 36.5 Å². The van der Waals surface area contributed by atoms with Gasteiger partial charge in [0, 0.05) is 33.9 Å². The molecule has 0 fully saturated rings. The average molecular weight is 477 g/mol. The maximum atomic E-state index is 13.1. The van der Waals surface area contributed by atoms with Crippen LogP contribution in [0.1, 0.15) is 15.9 Å². The second kappa shape index (κ2) is 9.49. The molecule has 0 unspecified atom stereocenters. The molecule has 0 radical (unpaired) electrons. The molecule has 0 saturated carbocycles. The molecule has 0 aliphatic heterocycles. The van der Waals surface area contributed by atoms with Gasteiger partial charge in [0.15, 0.2) is 0 Å². The fraction of sp³-hybridized carbons (Fsp3) is 0.0417. The summed E-state index contributed by atoms with van der Waals surface area (Å²) in [5.41, 5.74) is 3.85. The first-order chi connectivity index (χ1) is 15.1. The van der Waals surface area contributed by atoms with Crippen molar-refractivity contribution in [1.82, 2.24) is 15.3 Å². The molecule has 0 aliphatic carbocycles. The third-order valence-corrected chi connectivity index (χ3v) is 5.12. The van der Waals surface area contributed by atoms with Crippen LogP contribution in [0.5, 0.6) is 0 Å². The predicted molar refractivity (Wildman–Crippen MR) is 122 cm³/mol. The molecule has 3 aromatic carbocycles. The highest BCUT2D eigenvalue weighted by molar-refractivity contribution is 9.10. The Morgan fingerprint density at radius 3 is 2.32 bits per heavy atom. The summed E-state index contributed by atoms with van der Waals surface area (Å²) in [5, 5.41) is 6.10. The molecular formula is C24H18BrFN4O. The van der Waals surface area contributed by atoms with Crippen LogP contribution in [0.3, 0.4) is 0 Å². The Hall–Kier alpha value is -3.58. The minimum atomic E-state index is -0.294. The third-order valence-electron chi connectivity index (χ3n) is 4.59. The third kappa shape index (κ3) is 5.52. The summed E-state index contributed by atoms with van der Waals surface area (Å²) in [6.45, 7) is 0.458. The molecular weight excluding hydrogens is 459 g/mol. The molecule has 1 amide bonds. The van der Waals surface area contributed by atoms with Crippen LogP contribution in [-0.2, 0) is 6.54 Å². The van der Waals surface area contributed by atoms with Crippen LogP contribution in [0.4, 0.5) is 15.9 Å². The highest BCUT2D eigenvalue weighted by atomic mass is 79.9. The highest BCUT2D eigenvalue weighted by Crippen LogP contribution is 2.21. The number of benzene rings is 3. The van der Waals surface area contributed by atoms with E-state index in [-0.39, 0.29) is 11.7 Å². The molecule has 1 heterocycles. The molecule has 0 spiro atoms. The van der Waals surface area contributed by atoms with E-state index in [0.717, 1.165) is 21.3 Å². The van der Waals surface area contributed by atoms with Crippen molar-refractivity contribution in [3.05, 3.63) is 107 Å². The number of carbonyl (C=O) groups excluding carboxylic acids is 1. The van der Waals surface area contributed by atoms with E-state index in [0.29, 0.717) is 23.6 Å². The number of nitrogens with one attached hydrogen (secondary N) is 2. The van der Waals surface area contributed by atoms with Gasteiger partial charge in [0.1, 0.15) is 18.0 Å². The Labute approximate surface area is 187 Å². The number of amides is 1. The molecule has 7 heteroatoms. The number of hydrogen-bond acceptors (Lipinski definition) is 4. The van der Waals surface area contributed by atoms with Crippen molar-refractivity contribution < 1.29 is 9.18 Å². The number of rotatable bonds is 6. The van der Waals surface area contributed by atoms with Crippen molar-refractivity contribution in [3.8, 4) is 11.3 Å². The first-order valence-electron chi connectivity index (χ1n) is 9.54. The first kappa shape index (κ1) is 20.7. The number of nitrogens with zero attached hydrogens (tertiary/aromatic N) is 2. The number of anilines is 2. The lowest BCUT2D eigenvalue weighted by Crippen LogP contribution is -2.22. The lowest BCUT2D eigenvalue weighted by atomic mass is 10.1. The quantitative estimate of drug-likeness (QED) is 0.373. The summed E-state index contributed by atoms with van der Waals surface area (Å²) >= 11 is 3.40. The average Bonchev–Trinajstić information content (AvgIpc) is 2.80. The van der Waals surface area contributed by atoms with Gasteiger partial charge in [0.25, 0.3) is 5.91 Å². The lowest BCUT2D eigenvalue weighted by molar-refractivity contribution is 0.0951. The van der Waals surface area contributed by atoms with Crippen molar-refractivity contribution in [2.24, 2.45) is 0 Å². The van der Waals surface area contributed by atoms with Gasteiger partial charge in [-0.3, -0.25) is 4.79 Å². The van der Waals surface area contributed by atoms with Gasteiger partial charge >= 0.3 is 0 Å².